The van der Waals surface area contributed by atoms with Gasteiger partial charge in [0.1, 0.15) is 0 Å². The first kappa shape index (κ1) is 17.5. The number of anilines is 1. The molecule has 2 atom stereocenters. The third kappa shape index (κ3) is 4.18. The van der Waals surface area contributed by atoms with Crippen LogP contribution in [-0.2, 0) is 14.4 Å². The molecule has 0 aliphatic carbocycles. The summed E-state index contributed by atoms with van der Waals surface area (Å²) < 4.78 is 0. The first-order valence-corrected chi connectivity index (χ1v) is 8.89. The zero-order valence-electron chi connectivity index (χ0n) is 14.3. The molecule has 0 unspecified atom stereocenters. The van der Waals surface area contributed by atoms with Crippen LogP contribution in [0.5, 0.6) is 0 Å². The van der Waals surface area contributed by atoms with Gasteiger partial charge in [-0.2, -0.15) is 0 Å². The van der Waals surface area contributed by atoms with E-state index in [1.165, 1.54) is 0 Å². The lowest BCUT2D eigenvalue weighted by Crippen LogP contribution is -2.44. The molecular weight excluding hydrogens is 320 g/mol. The minimum absolute atomic E-state index is 0.0573. The minimum atomic E-state index is -0.943. The van der Waals surface area contributed by atoms with Gasteiger partial charge in [0.25, 0.3) is 0 Å². The van der Waals surface area contributed by atoms with E-state index < -0.39 is 5.97 Å². The van der Waals surface area contributed by atoms with Crippen LogP contribution in [0, 0.1) is 11.8 Å². The van der Waals surface area contributed by atoms with Crippen LogP contribution in [0.4, 0.5) is 5.69 Å². The molecule has 0 aromatic heterocycles. The van der Waals surface area contributed by atoms with Crippen LogP contribution >= 0.6 is 0 Å². The van der Waals surface area contributed by atoms with Crippen molar-refractivity contribution in [2.45, 2.75) is 32.1 Å². The SMILES string of the molecule is O=C(O)CCC(=O)N1CC[C@H]2CC(=O)N(c3ccccc3)CC[C@@H]2C1. The van der Waals surface area contributed by atoms with Crippen molar-refractivity contribution in [3.8, 4) is 0 Å². The molecule has 2 aliphatic heterocycles. The summed E-state index contributed by atoms with van der Waals surface area (Å²) in [5.41, 5.74) is 0.931. The molecule has 1 N–H and O–H groups in total. The van der Waals surface area contributed by atoms with Crippen molar-refractivity contribution < 1.29 is 19.5 Å². The Hall–Kier alpha value is -2.37. The summed E-state index contributed by atoms with van der Waals surface area (Å²) >= 11 is 0. The molecule has 6 heteroatoms. The highest BCUT2D eigenvalue weighted by molar-refractivity contribution is 5.93. The summed E-state index contributed by atoms with van der Waals surface area (Å²) in [7, 11) is 0. The van der Waals surface area contributed by atoms with Gasteiger partial charge in [0.2, 0.25) is 11.8 Å². The van der Waals surface area contributed by atoms with Crippen molar-refractivity contribution in [3.63, 3.8) is 0 Å². The van der Waals surface area contributed by atoms with Crippen LogP contribution in [0.1, 0.15) is 32.1 Å². The van der Waals surface area contributed by atoms with Gasteiger partial charge >= 0.3 is 5.97 Å². The van der Waals surface area contributed by atoms with Crippen LogP contribution in [-0.4, -0.2) is 47.4 Å². The topological polar surface area (TPSA) is 77.9 Å². The number of hydrogen-bond acceptors (Lipinski definition) is 3. The summed E-state index contributed by atoms with van der Waals surface area (Å²) in [6.07, 6.45) is 2.15. The second-order valence-corrected chi connectivity index (χ2v) is 6.92. The van der Waals surface area contributed by atoms with Gasteiger partial charge in [-0.15, -0.1) is 0 Å². The summed E-state index contributed by atoms with van der Waals surface area (Å²) in [5.74, 6) is -0.257. The molecule has 0 spiro atoms. The number of para-hydroxylation sites is 1. The lowest BCUT2D eigenvalue weighted by molar-refractivity contribution is -0.142. The highest BCUT2D eigenvalue weighted by Crippen LogP contribution is 2.34. The van der Waals surface area contributed by atoms with Gasteiger partial charge in [-0.25, -0.2) is 0 Å². The number of hydrogen-bond donors (Lipinski definition) is 1. The number of nitrogens with zero attached hydrogens (tertiary/aromatic N) is 2. The van der Waals surface area contributed by atoms with Crippen LogP contribution in [0.25, 0.3) is 0 Å². The van der Waals surface area contributed by atoms with Crippen molar-refractivity contribution in [1.82, 2.24) is 4.90 Å². The molecule has 2 fully saturated rings. The van der Waals surface area contributed by atoms with Crippen LogP contribution in [0.3, 0.4) is 0 Å². The Morgan fingerprint density at radius 2 is 1.76 bits per heavy atom. The molecule has 2 heterocycles. The van der Waals surface area contributed by atoms with E-state index in [-0.39, 0.29) is 24.7 Å². The highest BCUT2D eigenvalue weighted by Gasteiger charge is 2.36. The number of amides is 2. The van der Waals surface area contributed by atoms with Gasteiger partial charge in [0.05, 0.1) is 6.42 Å². The van der Waals surface area contributed by atoms with E-state index in [9.17, 15) is 14.4 Å². The summed E-state index contributed by atoms with van der Waals surface area (Å²) in [6, 6.07) is 9.71. The zero-order valence-corrected chi connectivity index (χ0v) is 14.3. The molecule has 1 aromatic carbocycles. The Morgan fingerprint density at radius 3 is 2.48 bits per heavy atom. The maximum Gasteiger partial charge on any atom is 0.303 e. The van der Waals surface area contributed by atoms with Gasteiger partial charge in [-0.1, -0.05) is 18.2 Å². The van der Waals surface area contributed by atoms with E-state index >= 15 is 0 Å². The number of aliphatic carboxylic acids is 1. The largest absolute Gasteiger partial charge is 0.481 e. The number of benzene rings is 1. The molecule has 2 saturated heterocycles. The second-order valence-electron chi connectivity index (χ2n) is 6.92. The quantitative estimate of drug-likeness (QED) is 0.908. The monoisotopic (exact) mass is 344 g/mol. The fraction of sp³-hybridized carbons (Fsp3) is 0.526. The van der Waals surface area contributed by atoms with E-state index in [0.717, 1.165) is 18.5 Å². The standard InChI is InChI=1S/C19H24N2O4/c22-17(6-7-19(24)25)20-10-8-14-12-18(23)21(11-9-15(14)13-20)16-4-2-1-3-5-16/h1-5,14-15H,6-13H2,(H,24,25)/t14-,15+/m0/s1. The summed E-state index contributed by atoms with van der Waals surface area (Å²) in [4.78, 5) is 39.1. The first-order valence-electron chi connectivity index (χ1n) is 8.89. The van der Waals surface area contributed by atoms with E-state index in [2.05, 4.69) is 0 Å². The number of rotatable bonds is 4. The third-order valence-corrected chi connectivity index (χ3v) is 5.33. The Bertz CT molecular complexity index is 646. The molecule has 1 aromatic rings. The lowest BCUT2D eigenvalue weighted by atomic mass is 9.82. The van der Waals surface area contributed by atoms with E-state index in [1.807, 2.05) is 35.2 Å². The van der Waals surface area contributed by atoms with Crippen LogP contribution in [0.15, 0.2) is 30.3 Å². The number of fused-ring (bicyclic) bond motifs is 1. The van der Waals surface area contributed by atoms with Gasteiger partial charge in [0.15, 0.2) is 0 Å². The maximum atomic E-state index is 12.6. The van der Waals surface area contributed by atoms with Crippen molar-refractivity contribution in [3.05, 3.63) is 30.3 Å². The highest BCUT2D eigenvalue weighted by atomic mass is 16.4. The molecule has 6 nitrogen and oxygen atoms in total. The summed E-state index contributed by atoms with van der Waals surface area (Å²) in [5, 5.41) is 8.74. The number of carboxylic acid groups (broad SMARTS) is 1. The third-order valence-electron chi connectivity index (χ3n) is 5.33. The Labute approximate surface area is 147 Å². The molecule has 134 valence electrons. The number of carboxylic acids is 1. The van der Waals surface area contributed by atoms with Gasteiger partial charge in [-0.05, 0) is 36.8 Å². The molecule has 0 saturated carbocycles. The normalized spacial score (nSPS) is 23.8. The van der Waals surface area contributed by atoms with E-state index in [4.69, 9.17) is 5.11 Å². The fourth-order valence-corrected chi connectivity index (χ4v) is 3.91. The lowest BCUT2D eigenvalue weighted by Gasteiger charge is -2.37. The molecule has 0 radical (unpaired) electrons. The number of piperidine rings is 1. The van der Waals surface area contributed by atoms with Crippen molar-refractivity contribution in [1.29, 1.82) is 0 Å². The zero-order chi connectivity index (χ0) is 17.8. The van der Waals surface area contributed by atoms with E-state index in [0.29, 0.717) is 37.9 Å². The average Bonchev–Trinajstić information content (AvgIpc) is 2.78. The predicted molar refractivity (Wildman–Crippen MR) is 93.1 cm³/mol. The fourth-order valence-electron chi connectivity index (χ4n) is 3.91. The predicted octanol–water partition coefficient (Wildman–Crippen LogP) is 2.14. The average molecular weight is 344 g/mol. The van der Waals surface area contributed by atoms with Gasteiger partial charge in [-0.3, -0.25) is 14.4 Å². The second kappa shape index (κ2) is 7.68. The van der Waals surface area contributed by atoms with Crippen molar-refractivity contribution >= 4 is 23.5 Å². The molecule has 2 aliphatic rings. The number of carbonyl (C=O) groups is 3. The Balaban J connectivity index is 1.63. The Kier molecular flexibility index (Phi) is 5.36. The van der Waals surface area contributed by atoms with Crippen LogP contribution in [0.2, 0.25) is 0 Å². The molecule has 2 amide bonds. The van der Waals surface area contributed by atoms with E-state index in [1.54, 1.807) is 4.90 Å². The van der Waals surface area contributed by atoms with Gasteiger partial charge < -0.3 is 14.9 Å². The molecule has 3 rings (SSSR count). The Morgan fingerprint density at radius 1 is 1.04 bits per heavy atom. The minimum Gasteiger partial charge on any atom is -0.481 e. The summed E-state index contributed by atoms with van der Waals surface area (Å²) in [6.45, 7) is 1.93. The smallest absolute Gasteiger partial charge is 0.303 e. The van der Waals surface area contributed by atoms with Crippen molar-refractivity contribution in [2.24, 2.45) is 11.8 Å². The molecule has 0 bridgehead atoms. The van der Waals surface area contributed by atoms with Crippen LogP contribution < -0.4 is 4.90 Å². The maximum absolute atomic E-state index is 12.6. The molecule has 25 heavy (non-hydrogen) atoms. The number of likely N-dealkylation sites (tertiary alicyclic amines) is 1. The van der Waals surface area contributed by atoms with Gasteiger partial charge in [0, 0.05) is 38.2 Å². The van der Waals surface area contributed by atoms with Crippen molar-refractivity contribution in [2.75, 3.05) is 24.5 Å². The number of carbonyl (C=O) groups excluding carboxylic acids is 2. The first-order chi connectivity index (χ1) is 12.0. The molecular formula is C19H24N2O4.